The summed E-state index contributed by atoms with van der Waals surface area (Å²) in [6.45, 7) is 0.0863. The minimum atomic E-state index is -1.08. The minimum Gasteiger partial charge on any atom is -0.480 e. The molecule has 2 rings (SSSR count). The van der Waals surface area contributed by atoms with Gasteiger partial charge in [0.2, 0.25) is 0 Å². The van der Waals surface area contributed by atoms with Crippen molar-refractivity contribution in [3.63, 3.8) is 0 Å². The number of nitrogens with zero attached hydrogens (tertiary/aromatic N) is 2. The van der Waals surface area contributed by atoms with E-state index in [1.165, 1.54) is 18.1 Å². The molecule has 1 aromatic carbocycles. The van der Waals surface area contributed by atoms with Crippen LogP contribution in [0.2, 0.25) is 0 Å². The average Bonchev–Trinajstić information content (AvgIpc) is 3.00. The van der Waals surface area contributed by atoms with Crippen molar-refractivity contribution in [1.82, 2.24) is 10.1 Å². The van der Waals surface area contributed by atoms with Gasteiger partial charge < -0.3 is 19.3 Å². The van der Waals surface area contributed by atoms with Crippen LogP contribution in [0.3, 0.4) is 0 Å². The van der Waals surface area contributed by atoms with Crippen LogP contribution in [-0.4, -0.2) is 47.2 Å². The van der Waals surface area contributed by atoms with Crippen molar-refractivity contribution >= 4 is 11.9 Å². The quantitative estimate of drug-likeness (QED) is 0.794. The van der Waals surface area contributed by atoms with E-state index in [0.717, 1.165) is 5.56 Å². The van der Waals surface area contributed by atoms with Crippen LogP contribution in [0.4, 0.5) is 0 Å². The van der Waals surface area contributed by atoms with Crippen molar-refractivity contribution in [1.29, 1.82) is 0 Å². The molecule has 0 aliphatic carbocycles. The summed E-state index contributed by atoms with van der Waals surface area (Å²) in [6, 6.07) is 11.0. The number of ether oxygens (including phenoxy) is 1. The van der Waals surface area contributed by atoms with Gasteiger partial charge >= 0.3 is 5.97 Å². The fourth-order valence-electron chi connectivity index (χ4n) is 2.11. The third kappa shape index (κ3) is 4.93. The highest BCUT2D eigenvalue weighted by Gasteiger charge is 2.22. The molecule has 0 unspecified atom stereocenters. The van der Waals surface area contributed by atoms with Gasteiger partial charge in [-0.25, -0.2) is 0 Å². The molecule has 0 saturated heterocycles. The van der Waals surface area contributed by atoms with Gasteiger partial charge in [0.25, 0.3) is 5.91 Å². The highest BCUT2D eigenvalue weighted by atomic mass is 16.5. The first kappa shape index (κ1) is 16.7. The van der Waals surface area contributed by atoms with Crippen LogP contribution in [0.15, 0.2) is 40.9 Å². The predicted octanol–water partition coefficient (Wildman–Crippen LogP) is 1.59. The molecule has 7 nitrogen and oxygen atoms in total. The summed E-state index contributed by atoms with van der Waals surface area (Å²) >= 11 is 0. The number of benzene rings is 1. The van der Waals surface area contributed by atoms with Crippen molar-refractivity contribution in [3.8, 4) is 0 Å². The van der Waals surface area contributed by atoms with E-state index in [9.17, 15) is 9.59 Å². The van der Waals surface area contributed by atoms with Crippen LogP contribution in [0.1, 0.15) is 21.8 Å². The van der Waals surface area contributed by atoms with E-state index in [2.05, 4.69) is 5.16 Å². The zero-order valence-corrected chi connectivity index (χ0v) is 12.8. The van der Waals surface area contributed by atoms with Gasteiger partial charge in [0.05, 0.1) is 0 Å². The third-order valence-electron chi connectivity index (χ3n) is 3.19. The van der Waals surface area contributed by atoms with Crippen LogP contribution in [0, 0.1) is 0 Å². The van der Waals surface area contributed by atoms with Crippen LogP contribution in [0.25, 0.3) is 0 Å². The molecule has 0 fully saturated rings. The first-order valence-electron chi connectivity index (χ1n) is 7.09. The van der Waals surface area contributed by atoms with E-state index in [1.807, 2.05) is 30.3 Å². The van der Waals surface area contributed by atoms with Gasteiger partial charge in [-0.2, -0.15) is 0 Å². The minimum absolute atomic E-state index is 0.0753. The van der Waals surface area contributed by atoms with Crippen LogP contribution in [-0.2, 0) is 22.6 Å². The number of hydrogen-bond donors (Lipinski definition) is 1. The number of aromatic nitrogens is 1. The van der Waals surface area contributed by atoms with Crippen molar-refractivity contribution in [2.45, 2.75) is 13.0 Å². The lowest BCUT2D eigenvalue weighted by Crippen LogP contribution is -2.37. The first-order chi connectivity index (χ1) is 11.1. The Morgan fingerprint density at radius 3 is 2.70 bits per heavy atom. The number of amides is 1. The van der Waals surface area contributed by atoms with Gasteiger partial charge in [0, 0.05) is 19.7 Å². The summed E-state index contributed by atoms with van der Waals surface area (Å²) in [5.41, 5.74) is 1.10. The molecule has 2 aromatic rings. The summed E-state index contributed by atoms with van der Waals surface area (Å²) in [4.78, 5) is 24.7. The Labute approximate surface area is 133 Å². The number of methoxy groups -OCH3 is 1. The Balaban J connectivity index is 2.06. The van der Waals surface area contributed by atoms with Gasteiger partial charge in [0.1, 0.15) is 13.2 Å². The molecule has 0 radical (unpaired) electrons. The molecule has 1 heterocycles. The smallest absolute Gasteiger partial charge is 0.323 e. The standard InChI is InChI=1S/C16H18N2O5/c1-22-11-13-9-14(17-23-13)16(21)18(10-15(19)20)8-7-12-5-3-2-4-6-12/h2-6,9H,7-8,10-11H2,1H3,(H,19,20). The Kier molecular flexibility index (Phi) is 5.87. The van der Waals surface area contributed by atoms with Gasteiger partial charge in [-0.3, -0.25) is 9.59 Å². The Bertz CT molecular complexity index is 654. The number of carbonyl (C=O) groups excluding carboxylic acids is 1. The second-order valence-corrected chi connectivity index (χ2v) is 4.97. The van der Waals surface area contributed by atoms with Gasteiger partial charge in [-0.1, -0.05) is 35.5 Å². The normalized spacial score (nSPS) is 10.5. The Morgan fingerprint density at radius 1 is 1.30 bits per heavy atom. The van der Waals surface area contributed by atoms with E-state index >= 15 is 0 Å². The number of rotatable bonds is 8. The largest absolute Gasteiger partial charge is 0.480 e. The second-order valence-electron chi connectivity index (χ2n) is 4.97. The molecule has 122 valence electrons. The monoisotopic (exact) mass is 318 g/mol. The second kappa shape index (κ2) is 8.09. The summed E-state index contributed by atoms with van der Waals surface area (Å²) in [5.74, 6) is -1.14. The number of carboxylic acid groups (broad SMARTS) is 1. The fourth-order valence-corrected chi connectivity index (χ4v) is 2.11. The predicted molar refractivity (Wildman–Crippen MR) is 80.9 cm³/mol. The molecule has 1 amide bonds. The molecular weight excluding hydrogens is 300 g/mol. The highest BCUT2D eigenvalue weighted by molar-refractivity contribution is 5.94. The summed E-state index contributed by atoms with van der Waals surface area (Å²) in [7, 11) is 1.50. The van der Waals surface area contributed by atoms with E-state index in [1.54, 1.807) is 0 Å². The zero-order valence-electron chi connectivity index (χ0n) is 12.8. The number of hydrogen-bond acceptors (Lipinski definition) is 5. The Hall–Kier alpha value is -2.67. The van der Waals surface area contributed by atoms with E-state index in [0.29, 0.717) is 12.2 Å². The van der Waals surface area contributed by atoms with E-state index in [-0.39, 0.29) is 18.8 Å². The summed E-state index contributed by atoms with van der Waals surface area (Å²) in [6.07, 6.45) is 0.558. The molecule has 0 atom stereocenters. The van der Waals surface area contributed by atoms with Crippen molar-refractivity contribution < 1.29 is 24.0 Å². The maximum Gasteiger partial charge on any atom is 0.323 e. The average molecular weight is 318 g/mol. The lowest BCUT2D eigenvalue weighted by molar-refractivity contribution is -0.137. The number of carboxylic acids is 1. The molecule has 1 N–H and O–H groups in total. The van der Waals surface area contributed by atoms with Gasteiger partial charge in [-0.05, 0) is 12.0 Å². The first-order valence-corrected chi connectivity index (χ1v) is 7.09. The zero-order chi connectivity index (χ0) is 16.7. The molecule has 7 heteroatoms. The van der Waals surface area contributed by atoms with Crippen molar-refractivity contribution in [3.05, 3.63) is 53.4 Å². The van der Waals surface area contributed by atoms with Crippen molar-refractivity contribution in [2.75, 3.05) is 20.2 Å². The van der Waals surface area contributed by atoms with Crippen LogP contribution < -0.4 is 0 Å². The SMILES string of the molecule is COCc1cc(C(=O)N(CCc2ccccc2)CC(=O)O)no1. The van der Waals surface area contributed by atoms with E-state index in [4.69, 9.17) is 14.4 Å². The number of carbonyl (C=O) groups is 2. The van der Waals surface area contributed by atoms with Crippen molar-refractivity contribution in [2.24, 2.45) is 0 Å². The molecule has 23 heavy (non-hydrogen) atoms. The summed E-state index contributed by atoms with van der Waals surface area (Å²) in [5, 5.41) is 12.7. The molecule has 0 aliphatic heterocycles. The van der Waals surface area contributed by atoms with Crippen LogP contribution >= 0.6 is 0 Å². The molecule has 0 bridgehead atoms. The topological polar surface area (TPSA) is 92.9 Å². The van der Waals surface area contributed by atoms with Crippen LogP contribution in [0.5, 0.6) is 0 Å². The van der Waals surface area contributed by atoms with Gasteiger partial charge in [-0.15, -0.1) is 0 Å². The molecule has 0 saturated carbocycles. The maximum absolute atomic E-state index is 12.4. The third-order valence-corrected chi connectivity index (χ3v) is 3.19. The lowest BCUT2D eigenvalue weighted by atomic mass is 10.1. The Morgan fingerprint density at radius 2 is 2.04 bits per heavy atom. The molecule has 0 spiro atoms. The molecule has 0 aliphatic rings. The van der Waals surface area contributed by atoms with E-state index < -0.39 is 18.4 Å². The lowest BCUT2D eigenvalue weighted by Gasteiger charge is -2.19. The maximum atomic E-state index is 12.4. The molecule has 1 aromatic heterocycles. The van der Waals surface area contributed by atoms with Gasteiger partial charge in [0.15, 0.2) is 11.5 Å². The number of aliphatic carboxylic acids is 1. The molecular formula is C16H18N2O5. The summed E-state index contributed by atoms with van der Waals surface area (Å²) < 4.78 is 9.87. The fraction of sp³-hybridized carbons (Fsp3) is 0.312. The highest BCUT2D eigenvalue weighted by Crippen LogP contribution is 2.09.